The zero-order valence-electron chi connectivity index (χ0n) is 10.2. The molecule has 2 rings (SSSR count). The molecule has 1 atom stereocenters. The maximum absolute atomic E-state index is 6.06. The first-order valence-corrected chi connectivity index (χ1v) is 6.76. The van der Waals surface area contributed by atoms with Crippen LogP contribution in [0, 0.1) is 5.92 Å². The fourth-order valence-electron chi connectivity index (χ4n) is 1.75. The van der Waals surface area contributed by atoms with Gasteiger partial charge in [-0.3, -0.25) is 0 Å². The van der Waals surface area contributed by atoms with Gasteiger partial charge < -0.3 is 14.8 Å². The van der Waals surface area contributed by atoms with Crippen molar-refractivity contribution in [1.29, 1.82) is 0 Å². The Morgan fingerprint density at radius 1 is 1.50 bits per heavy atom. The topological polar surface area (TPSA) is 43.4 Å². The van der Waals surface area contributed by atoms with Crippen LogP contribution in [0.2, 0.25) is 10.0 Å². The van der Waals surface area contributed by atoms with Crippen LogP contribution in [0.4, 0.5) is 5.82 Å². The zero-order chi connectivity index (χ0) is 13.0. The minimum absolute atomic E-state index is 0.418. The van der Waals surface area contributed by atoms with Crippen LogP contribution in [0.3, 0.4) is 0 Å². The molecule has 0 aromatic carbocycles. The van der Waals surface area contributed by atoms with Crippen LogP contribution in [0.25, 0.3) is 0 Å². The van der Waals surface area contributed by atoms with Crippen molar-refractivity contribution in [3.05, 3.63) is 16.1 Å². The van der Waals surface area contributed by atoms with Gasteiger partial charge in [-0.05, 0) is 19.4 Å². The van der Waals surface area contributed by atoms with Gasteiger partial charge in [0, 0.05) is 19.1 Å². The Balaban J connectivity index is 2.03. The van der Waals surface area contributed by atoms with Gasteiger partial charge >= 0.3 is 0 Å². The first kappa shape index (κ1) is 13.7. The summed E-state index contributed by atoms with van der Waals surface area (Å²) in [6, 6.07) is 1.65. The zero-order valence-corrected chi connectivity index (χ0v) is 11.7. The average Bonchev–Trinajstić information content (AvgIpc) is 2.84. The normalized spacial score (nSPS) is 18.9. The van der Waals surface area contributed by atoms with Crippen molar-refractivity contribution >= 4 is 29.0 Å². The Hall–Kier alpha value is -0.710. The minimum atomic E-state index is 0.418. The molecular weight excluding hydrogens is 275 g/mol. The molecule has 1 N–H and O–H groups in total. The third-order valence-corrected chi connectivity index (χ3v) is 3.28. The van der Waals surface area contributed by atoms with E-state index in [1.807, 2.05) is 6.92 Å². The summed E-state index contributed by atoms with van der Waals surface area (Å²) in [6.07, 6.45) is 1.02. The number of hydrogen-bond donors (Lipinski definition) is 1. The molecule has 1 fully saturated rings. The smallest absolute Gasteiger partial charge is 0.234 e. The molecule has 0 saturated carbocycles. The highest BCUT2D eigenvalue weighted by atomic mass is 35.5. The van der Waals surface area contributed by atoms with Crippen molar-refractivity contribution in [2.75, 3.05) is 31.7 Å². The van der Waals surface area contributed by atoms with Crippen molar-refractivity contribution in [3.8, 4) is 5.88 Å². The lowest BCUT2D eigenvalue weighted by molar-refractivity contribution is 0.165. The highest BCUT2D eigenvalue weighted by Gasteiger charge is 2.18. The Kier molecular flexibility index (Phi) is 4.92. The lowest BCUT2D eigenvalue weighted by Gasteiger charge is -2.13. The molecule has 1 aliphatic rings. The maximum Gasteiger partial charge on any atom is 0.234 e. The molecule has 0 spiro atoms. The van der Waals surface area contributed by atoms with E-state index in [2.05, 4.69) is 10.3 Å². The first-order valence-electron chi connectivity index (χ1n) is 6.01. The number of anilines is 1. The van der Waals surface area contributed by atoms with E-state index < -0.39 is 0 Å². The number of aromatic nitrogens is 1. The molecule has 1 unspecified atom stereocenters. The number of rotatable bonds is 5. The van der Waals surface area contributed by atoms with Gasteiger partial charge in [-0.25, -0.2) is 0 Å². The van der Waals surface area contributed by atoms with Gasteiger partial charge in [-0.1, -0.05) is 23.2 Å². The quantitative estimate of drug-likeness (QED) is 0.904. The SMILES string of the molecule is CCNc1nc(OCC2CCOC2)c(Cl)cc1Cl. The van der Waals surface area contributed by atoms with E-state index in [-0.39, 0.29) is 0 Å². The van der Waals surface area contributed by atoms with E-state index in [1.54, 1.807) is 6.07 Å². The molecular formula is C12H16Cl2N2O2. The summed E-state index contributed by atoms with van der Waals surface area (Å²) < 4.78 is 10.9. The highest BCUT2D eigenvalue weighted by molar-refractivity contribution is 6.36. The predicted octanol–water partition coefficient (Wildman–Crippen LogP) is 3.24. The lowest BCUT2D eigenvalue weighted by Crippen LogP contribution is -2.13. The van der Waals surface area contributed by atoms with E-state index >= 15 is 0 Å². The van der Waals surface area contributed by atoms with E-state index in [9.17, 15) is 0 Å². The second-order valence-electron chi connectivity index (χ2n) is 4.18. The predicted molar refractivity (Wildman–Crippen MR) is 72.8 cm³/mol. The molecule has 1 saturated heterocycles. The molecule has 0 radical (unpaired) electrons. The van der Waals surface area contributed by atoms with Crippen molar-refractivity contribution in [2.24, 2.45) is 5.92 Å². The summed E-state index contributed by atoms with van der Waals surface area (Å²) in [6.45, 7) is 4.83. The molecule has 18 heavy (non-hydrogen) atoms. The maximum atomic E-state index is 6.06. The van der Waals surface area contributed by atoms with Crippen molar-refractivity contribution in [2.45, 2.75) is 13.3 Å². The fourth-order valence-corrected chi connectivity index (χ4v) is 2.23. The number of nitrogens with zero attached hydrogens (tertiary/aromatic N) is 1. The molecule has 6 heteroatoms. The molecule has 1 aromatic heterocycles. The van der Waals surface area contributed by atoms with Gasteiger partial charge in [-0.2, -0.15) is 4.98 Å². The van der Waals surface area contributed by atoms with E-state index in [4.69, 9.17) is 32.7 Å². The summed E-state index contributed by atoms with van der Waals surface area (Å²) >= 11 is 12.1. The largest absolute Gasteiger partial charge is 0.476 e. The molecule has 0 aliphatic carbocycles. The number of halogens is 2. The van der Waals surface area contributed by atoms with Crippen LogP contribution in [-0.2, 0) is 4.74 Å². The highest BCUT2D eigenvalue weighted by Crippen LogP contribution is 2.31. The Morgan fingerprint density at radius 2 is 2.33 bits per heavy atom. The summed E-state index contributed by atoms with van der Waals surface area (Å²) in [5.74, 6) is 1.44. The van der Waals surface area contributed by atoms with Gasteiger partial charge in [-0.15, -0.1) is 0 Å². The second-order valence-corrected chi connectivity index (χ2v) is 4.99. The molecule has 2 heterocycles. The van der Waals surface area contributed by atoms with E-state index in [0.29, 0.717) is 34.3 Å². The molecule has 100 valence electrons. The van der Waals surface area contributed by atoms with Crippen molar-refractivity contribution in [3.63, 3.8) is 0 Å². The second kappa shape index (κ2) is 6.45. The third kappa shape index (κ3) is 3.40. The Bertz CT molecular complexity index is 409. The number of ether oxygens (including phenoxy) is 2. The number of nitrogens with one attached hydrogen (secondary N) is 1. The number of hydrogen-bond acceptors (Lipinski definition) is 4. The van der Waals surface area contributed by atoms with Crippen molar-refractivity contribution in [1.82, 2.24) is 4.98 Å². The third-order valence-electron chi connectivity index (χ3n) is 2.72. The number of pyridine rings is 1. The summed E-state index contributed by atoms with van der Waals surface area (Å²) in [4.78, 5) is 4.28. The molecule has 1 aromatic rings. The van der Waals surface area contributed by atoms with Crippen LogP contribution in [0.5, 0.6) is 5.88 Å². The monoisotopic (exact) mass is 290 g/mol. The van der Waals surface area contributed by atoms with Crippen LogP contribution >= 0.6 is 23.2 Å². The van der Waals surface area contributed by atoms with Crippen LogP contribution in [0.1, 0.15) is 13.3 Å². The van der Waals surface area contributed by atoms with E-state index in [0.717, 1.165) is 26.2 Å². The van der Waals surface area contributed by atoms with E-state index in [1.165, 1.54) is 0 Å². The standard InChI is InChI=1S/C12H16Cl2N2O2/c1-2-15-11-9(13)5-10(14)12(16-11)18-7-8-3-4-17-6-8/h5,8H,2-4,6-7H2,1H3,(H,15,16). The Labute approximate surface area is 117 Å². The van der Waals surface area contributed by atoms with Crippen LogP contribution in [0.15, 0.2) is 6.07 Å². The molecule has 1 aliphatic heterocycles. The minimum Gasteiger partial charge on any atom is -0.476 e. The van der Waals surface area contributed by atoms with Gasteiger partial charge in [0.05, 0.1) is 18.2 Å². The first-order chi connectivity index (χ1) is 8.70. The molecule has 4 nitrogen and oxygen atoms in total. The average molecular weight is 291 g/mol. The van der Waals surface area contributed by atoms with Gasteiger partial charge in [0.25, 0.3) is 0 Å². The summed E-state index contributed by atoms with van der Waals surface area (Å²) in [5.41, 5.74) is 0. The van der Waals surface area contributed by atoms with Gasteiger partial charge in [0.2, 0.25) is 5.88 Å². The fraction of sp³-hybridized carbons (Fsp3) is 0.583. The molecule has 0 bridgehead atoms. The summed E-state index contributed by atoms with van der Waals surface area (Å²) in [7, 11) is 0. The van der Waals surface area contributed by atoms with Crippen molar-refractivity contribution < 1.29 is 9.47 Å². The lowest BCUT2D eigenvalue weighted by atomic mass is 10.1. The van der Waals surface area contributed by atoms with Crippen LogP contribution < -0.4 is 10.1 Å². The van der Waals surface area contributed by atoms with Gasteiger partial charge in [0.1, 0.15) is 10.8 Å². The van der Waals surface area contributed by atoms with Gasteiger partial charge in [0.15, 0.2) is 0 Å². The Morgan fingerprint density at radius 3 is 3.00 bits per heavy atom. The van der Waals surface area contributed by atoms with Crippen LogP contribution in [-0.4, -0.2) is 31.3 Å². The summed E-state index contributed by atoms with van der Waals surface area (Å²) in [5, 5.41) is 3.99. The molecule has 0 amide bonds.